The third kappa shape index (κ3) is 4.52. The number of fused-ring (bicyclic) bond motifs is 3. The molecular weight excluding hydrogens is 459 g/mol. The first-order valence-corrected chi connectivity index (χ1v) is 11.4. The van der Waals surface area contributed by atoms with Crippen molar-refractivity contribution in [2.75, 3.05) is 19.0 Å². The van der Waals surface area contributed by atoms with Gasteiger partial charge in [-0.3, -0.25) is 4.79 Å². The van der Waals surface area contributed by atoms with Crippen LogP contribution in [0.25, 0.3) is 11.4 Å². The van der Waals surface area contributed by atoms with E-state index in [9.17, 15) is 18.0 Å². The Kier molecular flexibility index (Phi) is 6.04. The van der Waals surface area contributed by atoms with E-state index in [0.717, 1.165) is 31.5 Å². The second-order valence-electron chi connectivity index (χ2n) is 8.84. The third-order valence-electron chi connectivity index (χ3n) is 6.73. The zero-order chi connectivity index (χ0) is 24.6. The van der Waals surface area contributed by atoms with Gasteiger partial charge >= 0.3 is 6.18 Å². The maximum Gasteiger partial charge on any atom is 0.417 e. The minimum atomic E-state index is -4.44. The number of pyridine rings is 1. The third-order valence-corrected chi connectivity index (χ3v) is 6.73. The molecule has 1 aromatic carbocycles. The van der Waals surface area contributed by atoms with Gasteiger partial charge in [-0.1, -0.05) is 12.1 Å². The molecule has 1 amide bonds. The summed E-state index contributed by atoms with van der Waals surface area (Å²) in [5.41, 5.74) is 0.197. The van der Waals surface area contributed by atoms with E-state index < -0.39 is 11.7 Å². The average Bonchev–Trinajstić information content (AvgIpc) is 2.88. The summed E-state index contributed by atoms with van der Waals surface area (Å²) in [7, 11) is 1.52. The molecule has 2 aromatic heterocycles. The molecular formula is C25H24F3N5O2. The van der Waals surface area contributed by atoms with Gasteiger partial charge in [0.15, 0.2) is 5.82 Å². The van der Waals surface area contributed by atoms with Crippen LogP contribution in [0.1, 0.15) is 35.2 Å². The number of rotatable bonds is 5. The molecule has 3 aromatic rings. The second kappa shape index (κ2) is 9.16. The lowest BCUT2D eigenvalue weighted by atomic mass is 9.76. The first kappa shape index (κ1) is 23.1. The molecule has 3 fully saturated rings. The SMILES string of the molecule is COc1cccc(-c2ncccn2)c1C(=O)N1CC2CCC1C(Nc1ccc(C(F)(F)F)cn1)C2. The van der Waals surface area contributed by atoms with Crippen molar-refractivity contribution < 1.29 is 22.7 Å². The molecule has 35 heavy (non-hydrogen) atoms. The van der Waals surface area contributed by atoms with Crippen LogP contribution in [0.5, 0.6) is 5.75 Å². The summed E-state index contributed by atoms with van der Waals surface area (Å²) in [5, 5.41) is 3.27. The quantitative estimate of drug-likeness (QED) is 0.568. The smallest absolute Gasteiger partial charge is 0.417 e. The van der Waals surface area contributed by atoms with E-state index >= 15 is 0 Å². The van der Waals surface area contributed by atoms with Crippen LogP contribution in [0.2, 0.25) is 0 Å². The minimum Gasteiger partial charge on any atom is -0.496 e. The molecule has 182 valence electrons. The zero-order valence-corrected chi connectivity index (χ0v) is 19.0. The number of nitrogens with one attached hydrogen (secondary N) is 1. The Hall–Kier alpha value is -3.69. The van der Waals surface area contributed by atoms with Crippen LogP contribution in [-0.2, 0) is 6.18 Å². The van der Waals surface area contributed by atoms with Gasteiger partial charge in [0.2, 0.25) is 0 Å². The Labute approximate surface area is 200 Å². The van der Waals surface area contributed by atoms with Gasteiger partial charge in [-0.05, 0) is 49.4 Å². The highest BCUT2D eigenvalue weighted by Crippen LogP contribution is 2.40. The number of hydrogen-bond acceptors (Lipinski definition) is 6. The number of aromatic nitrogens is 3. The van der Waals surface area contributed by atoms with Gasteiger partial charge in [-0.15, -0.1) is 0 Å². The number of carbonyl (C=O) groups is 1. The van der Waals surface area contributed by atoms with Crippen LogP contribution >= 0.6 is 0 Å². The molecule has 10 heteroatoms. The fourth-order valence-electron chi connectivity index (χ4n) is 5.11. The molecule has 3 aliphatic rings. The molecule has 7 nitrogen and oxygen atoms in total. The monoisotopic (exact) mass is 483 g/mol. The molecule has 2 bridgehead atoms. The van der Waals surface area contributed by atoms with Gasteiger partial charge in [0.25, 0.3) is 5.91 Å². The Morgan fingerprint density at radius 3 is 2.54 bits per heavy atom. The number of anilines is 1. The molecule has 3 unspecified atom stereocenters. The van der Waals surface area contributed by atoms with Crippen LogP contribution < -0.4 is 10.1 Å². The van der Waals surface area contributed by atoms with E-state index in [-0.39, 0.29) is 23.9 Å². The van der Waals surface area contributed by atoms with E-state index in [1.54, 1.807) is 36.7 Å². The predicted molar refractivity (Wildman–Crippen MR) is 123 cm³/mol. The number of alkyl halides is 3. The summed E-state index contributed by atoms with van der Waals surface area (Å²) >= 11 is 0. The highest BCUT2D eigenvalue weighted by molar-refractivity contribution is 6.03. The number of benzene rings is 1. The summed E-state index contributed by atoms with van der Waals surface area (Å²) in [6.07, 6.45) is 2.24. The average molecular weight is 483 g/mol. The predicted octanol–water partition coefficient (Wildman–Crippen LogP) is 4.67. The van der Waals surface area contributed by atoms with E-state index in [4.69, 9.17) is 4.74 Å². The van der Waals surface area contributed by atoms with Gasteiger partial charge in [-0.25, -0.2) is 15.0 Å². The van der Waals surface area contributed by atoms with Crippen molar-refractivity contribution in [2.24, 2.45) is 5.92 Å². The van der Waals surface area contributed by atoms with Crippen molar-refractivity contribution >= 4 is 11.7 Å². The lowest BCUT2D eigenvalue weighted by Gasteiger charge is -2.50. The van der Waals surface area contributed by atoms with Crippen molar-refractivity contribution in [3.63, 3.8) is 0 Å². The number of carbonyl (C=O) groups excluding carboxylic acids is 1. The Morgan fingerprint density at radius 1 is 1.09 bits per heavy atom. The highest BCUT2D eigenvalue weighted by atomic mass is 19.4. The first-order valence-electron chi connectivity index (χ1n) is 11.4. The molecule has 6 rings (SSSR count). The maximum absolute atomic E-state index is 13.9. The molecule has 1 N–H and O–H groups in total. The lowest BCUT2D eigenvalue weighted by molar-refractivity contribution is -0.137. The largest absolute Gasteiger partial charge is 0.496 e. The number of nitrogens with zero attached hydrogens (tertiary/aromatic N) is 4. The topological polar surface area (TPSA) is 80.2 Å². The molecule has 4 heterocycles. The number of halogens is 3. The van der Waals surface area contributed by atoms with Crippen LogP contribution in [0.4, 0.5) is 19.0 Å². The van der Waals surface area contributed by atoms with E-state index in [2.05, 4.69) is 20.3 Å². The number of methoxy groups -OCH3 is 1. The number of ether oxygens (including phenoxy) is 1. The maximum atomic E-state index is 13.9. The zero-order valence-electron chi connectivity index (χ0n) is 19.0. The molecule has 2 saturated heterocycles. The van der Waals surface area contributed by atoms with Crippen molar-refractivity contribution in [1.82, 2.24) is 19.9 Å². The van der Waals surface area contributed by atoms with Gasteiger partial charge in [0.1, 0.15) is 11.6 Å². The molecule has 0 spiro atoms. The summed E-state index contributed by atoms with van der Waals surface area (Å²) in [4.78, 5) is 28.4. The van der Waals surface area contributed by atoms with E-state index in [0.29, 0.717) is 35.1 Å². The first-order chi connectivity index (χ1) is 16.8. The van der Waals surface area contributed by atoms with Crippen LogP contribution in [0.3, 0.4) is 0 Å². The van der Waals surface area contributed by atoms with Crippen molar-refractivity contribution in [2.45, 2.75) is 37.5 Å². The molecule has 1 aliphatic carbocycles. The summed E-state index contributed by atoms with van der Waals surface area (Å²) in [5.74, 6) is 1.34. The number of piperidine rings is 2. The summed E-state index contributed by atoms with van der Waals surface area (Å²) in [6, 6.07) is 9.14. The van der Waals surface area contributed by atoms with Crippen molar-refractivity contribution in [1.29, 1.82) is 0 Å². The Bertz CT molecular complexity index is 1200. The minimum absolute atomic E-state index is 0.123. The normalized spacial score (nSPS) is 21.6. The van der Waals surface area contributed by atoms with Crippen LogP contribution in [0, 0.1) is 5.92 Å². The molecule has 1 saturated carbocycles. The molecule has 3 atom stereocenters. The number of amides is 1. The van der Waals surface area contributed by atoms with E-state index in [1.165, 1.54) is 13.2 Å². The Morgan fingerprint density at radius 2 is 1.89 bits per heavy atom. The van der Waals surface area contributed by atoms with Crippen LogP contribution in [0.15, 0.2) is 55.0 Å². The fraction of sp³-hybridized carbons (Fsp3) is 0.360. The highest BCUT2D eigenvalue weighted by Gasteiger charge is 2.44. The second-order valence-corrected chi connectivity index (χ2v) is 8.84. The van der Waals surface area contributed by atoms with Crippen molar-refractivity contribution in [3.05, 3.63) is 66.1 Å². The van der Waals surface area contributed by atoms with Gasteiger partial charge < -0.3 is 15.0 Å². The van der Waals surface area contributed by atoms with Crippen LogP contribution in [-0.4, -0.2) is 51.5 Å². The van der Waals surface area contributed by atoms with Gasteiger partial charge in [-0.2, -0.15) is 13.2 Å². The Balaban J connectivity index is 1.43. The summed E-state index contributed by atoms with van der Waals surface area (Å²) in [6.45, 7) is 0.606. The van der Waals surface area contributed by atoms with Gasteiger partial charge in [0.05, 0.1) is 24.3 Å². The molecule has 0 radical (unpaired) electrons. The fourth-order valence-corrected chi connectivity index (χ4v) is 5.11. The standard InChI is InChI=1S/C25H24F3N5O2/c1-35-20-5-2-4-17(23-29-10-3-11-30-23)22(20)24(34)33-14-15-6-8-19(33)18(12-15)32-21-9-7-16(13-31-21)25(26,27)28/h2-5,7,9-11,13,15,18-19H,6,8,12,14H2,1H3,(H,31,32). The van der Waals surface area contributed by atoms with Crippen molar-refractivity contribution in [3.8, 4) is 17.1 Å². The summed E-state index contributed by atoms with van der Waals surface area (Å²) < 4.78 is 44.2. The number of hydrogen-bond donors (Lipinski definition) is 1. The van der Waals surface area contributed by atoms with Gasteiger partial charge in [0, 0.05) is 36.7 Å². The lowest BCUT2D eigenvalue weighted by Crippen LogP contribution is -2.59. The molecule has 2 aliphatic heterocycles. The van der Waals surface area contributed by atoms with E-state index in [1.807, 2.05) is 4.90 Å².